The first-order valence-corrected chi connectivity index (χ1v) is 6.44. The molecule has 0 spiro atoms. The molecule has 2 N–H and O–H groups in total. The highest BCUT2D eigenvalue weighted by Crippen LogP contribution is 2.10. The topological polar surface area (TPSA) is 61.4 Å². The molecule has 1 aliphatic heterocycles. The normalized spacial score (nSPS) is 14.6. The predicted octanol–water partition coefficient (Wildman–Crippen LogP) is 0.693. The molecule has 19 heavy (non-hydrogen) atoms. The van der Waals surface area contributed by atoms with Gasteiger partial charge in [-0.2, -0.15) is 0 Å². The van der Waals surface area contributed by atoms with Crippen molar-refractivity contribution in [1.29, 1.82) is 0 Å². The molecular formula is C14H19N3O2. The number of rotatable bonds is 5. The first-order chi connectivity index (χ1) is 9.15. The number of anilines is 1. The molecule has 1 heterocycles. The highest BCUT2D eigenvalue weighted by Gasteiger charge is 2.22. The third-order valence-electron chi connectivity index (χ3n) is 3.19. The number of likely N-dealkylation sites (N-methyl/N-ethyl adjacent to an activating group) is 1. The number of para-hydroxylation sites is 1. The number of hydrogen-bond donors (Lipinski definition) is 2. The highest BCUT2D eigenvalue weighted by atomic mass is 16.2. The minimum atomic E-state index is -0.172. The van der Waals surface area contributed by atoms with Gasteiger partial charge in [-0.15, -0.1) is 0 Å². The zero-order valence-electron chi connectivity index (χ0n) is 11.1. The predicted molar refractivity (Wildman–Crippen MR) is 73.7 cm³/mol. The molecule has 102 valence electrons. The lowest BCUT2D eigenvalue weighted by molar-refractivity contribution is -0.134. The summed E-state index contributed by atoms with van der Waals surface area (Å²) in [7, 11) is 1.67. The lowest BCUT2D eigenvalue weighted by Crippen LogP contribution is -2.45. The van der Waals surface area contributed by atoms with Crippen LogP contribution in [0, 0.1) is 5.92 Å². The van der Waals surface area contributed by atoms with Crippen LogP contribution in [0.15, 0.2) is 30.3 Å². The molecule has 5 nitrogen and oxygen atoms in total. The van der Waals surface area contributed by atoms with E-state index in [1.807, 2.05) is 30.3 Å². The summed E-state index contributed by atoms with van der Waals surface area (Å²) in [6.45, 7) is 1.89. The number of nitrogens with one attached hydrogen (secondary N) is 2. The Morgan fingerprint density at radius 3 is 2.58 bits per heavy atom. The van der Waals surface area contributed by atoms with Gasteiger partial charge in [0.15, 0.2) is 0 Å². The van der Waals surface area contributed by atoms with Gasteiger partial charge in [-0.3, -0.25) is 9.59 Å². The van der Waals surface area contributed by atoms with Crippen molar-refractivity contribution >= 4 is 17.5 Å². The van der Waals surface area contributed by atoms with Crippen LogP contribution in [0.3, 0.4) is 0 Å². The van der Waals surface area contributed by atoms with Crippen LogP contribution in [0.4, 0.5) is 5.69 Å². The molecule has 5 heteroatoms. The smallest absolute Gasteiger partial charge is 0.243 e. The average molecular weight is 261 g/mol. The SMILES string of the molecule is CN(CC(=O)Nc1ccccc1)C(=O)CC1CNC1. The van der Waals surface area contributed by atoms with E-state index in [1.54, 1.807) is 7.05 Å². The summed E-state index contributed by atoms with van der Waals surface area (Å²) in [4.78, 5) is 25.1. The number of carbonyl (C=O) groups excluding carboxylic acids is 2. The van der Waals surface area contributed by atoms with Crippen molar-refractivity contribution < 1.29 is 9.59 Å². The fraction of sp³-hybridized carbons (Fsp3) is 0.429. The van der Waals surface area contributed by atoms with E-state index in [0.29, 0.717) is 12.3 Å². The summed E-state index contributed by atoms with van der Waals surface area (Å²) < 4.78 is 0. The van der Waals surface area contributed by atoms with Gasteiger partial charge in [-0.05, 0) is 31.1 Å². The number of nitrogens with zero attached hydrogens (tertiary/aromatic N) is 1. The Balaban J connectivity index is 1.76. The minimum Gasteiger partial charge on any atom is -0.336 e. The highest BCUT2D eigenvalue weighted by molar-refractivity contribution is 5.94. The van der Waals surface area contributed by atoms with Gasteiger partial charge in [0.05, 0.1) is 6.54 Å². The van der Waals surface area contributed by atoms with E-state index in [9.17, 15) is 9.59 Å². The van der Waals surface area contributed by atoms with Crippen LogP contribution in [0.25, 0.3) is 0 Å². The Hall–Kier alpha value is -1.88. The lowest BCUT2D eigenvalue weighted by Gasteiger charge is -2.28. The Labute approximate surface area is 113 Å². The number of benzene rings is 1. The summed E-state index contributed by atoms with van der Waals surface area (Å²) in [5, 5.41) is 5.89. The third kappa shape index (κ3) is 4.06. The maximum atomic E-state index is 11.9. The second kappa shape index (κ2) is 6.33. The molecule has 0 bridgehead atoms. The van der Waals surface area contributed by atoms with Crippen LogP contribution in [0.2, 0.25) is 0 Å². The van der Waals surface area contributed by atoms with Crippen LogP contribution >= 0.6 is 0 Å². The zero-order chi connectivity index (χ0) is 13.7. The molecule has 2 rings (SSSR count). The molecule has 0 aromatic heterocycles. The molecule has 0 aliphatic carbocycles. The van der Waals surface area contributed by atoms with Gasteiger partial charge >= 0.3 is 0 Å². The Morgan fingerprint density at radius 1 is 1.32 bits per heavy atom. The molecule has 1 aromatic carbocycles. The average Bonchev–Trinajstić information content (AvgIpc) is 2.34. The zero-order valence-corrected chi connectivity index (χ0v) is 11.1. The first kappa shape index (κ1) is 13.5. The maximum absolute atomic E-state index is 11.9. The Bertz CT molecular complexity index is 443. The van der Waals surface area contributed by atoms with Crippen LogP contribution < -0.4 is 10.6 Å². The van der Waals surface area contributed by atoms with Gasteiger partial charge in [0.2, 0.25) is 11.8 Å². The summed E-state index contributed by atoms with van der Waals surface area (Å²) in [5.74, 6) is 0.274. The van der Waals surface area contributed by atoms with E-state index in [0.717, 1.165) is 18.8 Å². The molecule has 1 fully saturated rings. The van der Waals surface area contributed by atoms with Gasteiger partial charge in [0, 0.05) is 19.2 Å². The maximum Gasteiger partial charge on any atom is 0.243 e. The van der Waals surface area contributed by atoms with Crippen LogP contribution in [0.1, 0.15) is 6.42 Å². The van der Waals surface area contributed by atoms with Gasteiger partial charge in [-0.1, -0.05) is 18.2 Å². The first-order valence-electron chi connectivity index (χ1n) is 6.44. The van der Waals surface area contributed by atoms with E-state index in [-0.39, 0.29) is 18.4 Å². The van der Waals surface area contributed by atoms with E-state index >= 15 is 0 Å². The standard InChI is InChI=1S/C14H19N3O2/c1-17(14(19)7-11-8-15-9-11)10-13(18)16-12-5-3-2-4-6-12/h2-6,11,15H,7-10H2,1H3,(H,16,18). The van der Waals surface area contributed by atoms with Crippen molar-refractivity contribution in [2.24, 2.45) is 5.92 Å². The van der Waals surface area contributed by atoms with Gasteiger partial charge < -0.3 is 15.5 Å². The van der Waals surface area contributed by atoms with Crippen LogP contribution in [0.5, 0.6) is 0 Å². The molecule has 2 amide bonds. The lowest BCUT2D eigenvalue weighted by atomic mass is 9.99. The fourth-order valence-electron chi connectivity index (χ4n) is 1.92. The van der Waals surface area contributed by atoms with Crippen molar-refractivity contribution in [2.75, 3.05) is 32.0 Å². The van der Waals surface area contributed by atoms with Crippen molar-refractivity contribution in [3.8, 4) is 0 Å². The molecule has 1 aromatic rings. The van der Waals surface area contributed by atoms with E-state index in [2.05, 4.69) is 10.6 Å². The molecule has 0 atom stereocenters. The van der Waals surface area contributed by atoms with Crippen molar-refractivity contribution in [3.05, 3.63) is 30.3 Å². The van der Waals surface area contributed by atoms with Crippen molar-refractivity contribution in [3.63, 3.8) is 0 Å². The minimum absolute atomic E-state index is 0.0229. The number of amides is 2. The summed E-state index contributed by atoms with van der Waals surface area (Å²) in [5.41, 5.74) is 0.747. The molecule has 0 radical (unpaired) electrons. The number of hydrogen-bond acceptors (Lipinski definition) is 3. The molecule has 0 saturated carbocycles. The van der Waals surface area contributed by atoms with E-state index in [4.69, 9.17) is 0 Å². The van der Waals surface area contributed by atoms with Crippen LogP contribution in [-0.2, 0) is 9.59 Å². The van der Waals surface area contributed by atoms with Crippen molar-refractivity contribution in [2.45, 2.75) is 6.42 Å². The van der Waals surface area contributed by atoms with Crippen molar-refractivity contribution in [1.82, 2.24) is 10.2 Å². The third-order valence-corrected chi connectivity index (χ3v) is 3.19. The van der Waals surface area contributed by atoms with Gasteiger partial charge in [-0.25, -0.2) is 0 Å². The van der Waals surface area contributed by atoms with Crippen LogP contribution in [-0.4, -0.2) is 43.4 Å². The Kier molecular flexibility index (Phi) is 4.52. The van der Waals surface area contributed by atoms with E-state index in [1.165, 1.54) is 4.90 Å². The number of carbonyl (C=O) groups is 2. The monoisotopic (exact) mass is 261 g/mol. The quantitative estimate of drug-likeness (QED) is 0.820. The fourth-order valence-corrected chi connectivity index (χ4v) is 1.92. The summed E-state index contributed by atoms with van der Waals surface area (Å²) in [6.07, 6.45) is 0.516. The molecule has 0 unspecified atom stereocenters. The molecule has 1 aliphatic rings. The second-order valence-corrected chi connectivity index (χ2v) is 4.89. The largest absolute Gasteiger partial charge is 0.336 e. The molecule has 1 saturated heterocycles. The summed E-state index contributed by atoms with van der Waals surface area (Å²) in [6, 6.07) is 9.24. The van der Waals surface area contributed by atoms with Gasteiger partial charge in [0.25, 0.3) is 0 Å². The van der Waals surface area contributed by atoms with Gasteiger partial charge in [0.1, 0.15) is 0 Å². The second-order valence-electron chi connectivity index (χ2n) is 4.89. The molecular weight excluding hydrogens is 242 g/mol. The Morgan fingerprint density at radius 2 is 2.00 bits per heavy atom. The summed E-state index contributed by atoms with van der Waals surface area (Å²) >= 11 is 0. The van der Waals surface area contributed by atoms with E-state index < -0.39 is 0 Å².